The van der Waals surface area contributed by atoms with Crippen LogP contribution < -0.4 is 5.32 Å². The number of nitriles is 1. The number of hydrogen-bond donors (Lipinski definition) is 1. The fraction of sp³-hybridized carbons (Fsp3) is 0.154. The van der Waals surface area contributed by atoms with Crippen molar-refractivity contribution < 1.29 is 8.78 Å². The van der Waals surface area contributed by atoms with Crippen LogP contribution in [0.1, 0.15) is 10.4 Å². The lowest BCUT2D eigenvalue weighted by atomic mass is 10.2. The van der Waals surface area contributed by atoms with E-state index >= 15 is 0 Å². The van der Waals surface area contributed by atoms with Gasteiger partial charge in [-0.1, -0.05) is 11.6 Å². The molecule has 0 bridgehead atoms. The maximum absolute atomic E-state index is 13.6. The van der Waals surface area contributed by atoms with Crippen LogP contribution in [0.25, 0.3) is 0 Å². The zero-order chi connectivity index (χ0) is 13.8. The van der Waals surface area contributed by atoms with E-state index < -0.39 is 11.6 Å². The summed E-state index contributed by atoms with van der Waals surface area (Å²) in [5.41, 5.74) is -0.243. The molecule has 1 heterocycles. The minimum atomic E-state index is -1.12. The maximum Gasteiger partial charge on any atom is 0.183 e. The van der Waals surface area contributed by atoms with Gasteiger partial charge in [-0.25, -0.2) is 8.78 Å². The first kappa shape index (κ1) is 13.8. The molecule has 0 spiro atoms. The van der Waals surface area contributed by atoms with E-state index in [1.165, 1.54) is 23.5 Å². The Morgan fingerprint density at radius 3 is 2.63 bits per heavy atom. The Morgan fingerprint density at radius 2 is 2.00 bits per heavy atom. The number of anilines is 1. The van der Waals surface area contributed by atoms with E-state index in [0.29, 0.717) is 17.3 Å². The van der Waals surface area contributed by atoms with Crippen LogP contribution in [0.4, 0.5) is 14.5 Å². The Labute approximate surface area is 118 Å². The molecule has 0 aliphatic heterocycles. The number of benzene rings is 1. The molecule has 0 radical (unpaired) electrons. The van der Waals surface area contributed by atoms with Gasteiger partial charge in [0.1, 0.15) is 6.07 Å². The van der Waals surface area contributed by atoms with E-state index in [-0.39, 0.29) is 11.3 Å². The summed E-state index contributed by atoms with van der Waals surface area (Å²) in [6, 6.07) is 7.89. The summed E-state index contributed by atoms with van der Waals surface area (Å²) in [7, 11) is 0. The van der Waals surface area contributed by atoms with Crippen molar-refractivity contribution in [2.24, 2.45) is 0 Å². The standard InChI is InChI=1S/C13H9ClF2N2S/c14-11-4-2-9(19-11)5-6-18-10-3-1-8(7-17)12(15)13(10)16/h1-4,18H,5-6H2. The fourth-order valence-electron chi connectivity index (χ4n) is 1.58. The Balaban J connectivity index is 2.00. The first-order valence-electron chi connectivity index (χ1n) is 5.48. The molecule has 6 heteroatoms. The predicted octanol–water partition coefficient (Wildman–Crippen LogP) is 4.21. The van der Waals surface area contributed by atoms with Crippen molar-refractivity contribution in [2.75, 3.05) is 11.9 Å². The highest BCUT2D eigenvalue weighted by Gasteiger charge is 2.12. The zero-order valence-electron chi connectivity index (χ0n) is 9.71. The van der Waals surface area contributed by atoms with Crippen molar-refractivity contribution in [1.82, 2.24) is 0 Å². The van der Waals surface area contributed by atoms with Gasteiger partial charge >= 0.3 is 0 Å². The average molecular weight is 299 g/mol. The molecule has 19 heavy (non-hydrogen) atoms. The molecule has 0 unspecified atom stereocenters. The number of hydrogen-bond acceptors (Lipinski definition) is 3. The topological polar surface area (TPSA) is 35.8 Å². The second kappa shape index (κ2) is 6.00. The van der Waals surface area contributed by atoms with Gasteiger partial charge in [0, 0.05) is 11.4 Å². The van der Waals surface area contributed by atoms with Crippen LogP contribution in [0.3, 0.4) is 0 Å². The molecule has 0 aliphatic rings. The third kappa shape index (κ3) is 3.22. The summed E-state index contributed by atoms with van der Waals surface area (Å²) in [5.74, 6) is -2.14. The van der Waals surface area contributed by atoms with Crippen molar-refractivity contribution >= 4 is 28.6 Å². The Kier molecular flexibility index (Phi) is 4.35. The lowest BCUT2D eigenvalue weighted by Gasteiger charge is -2.07. The van der Waals surface area contributed by atoms with Gasteiger partial charge in [0.2, 0.25) is 0 Å². The van der Waals surface area contributed by atoms with E-state index in [4.69, 9.17) is 16.9 Å². The Bertz CT molecular complexity index is 634. The SMILES string of the molecule is N#Cc1ccc(NCCc2ccc(Cl)s2)c(F)c1F. The molecule has 0 atom stereocenters. The maximum atomic E-state index is 13.6. The number of thiophene rings is 1. The molecule has 2 rings (SSSR count). The van der Waals surface area contributed by atoms with Gasteiger partial charge in [0.05, 0.1) is 15.6 Å². The van der Waals surface area contributed by atoms with Crippen LogP contribution in [0.5, 0.6) is 0 Å². The lowest BCUT2D eigenvalue weighted by Crippen LogP contribution is -2.07. The molecule has 1 N–H and O–H groups in total. The van der Waals surface area contributed by atoms with Crippen molar-refractivity contribution in [1.29, 1.82) is 5.26 Å². The monoisotopic (exact) mass is 298 g/mol. The highest BCUT2D eigenvalue weighted by atomic mass is 35.5. The molecule has 0 amide bonds. The molecule has 1 aromatic heterocycles. The van der Waals surface area contributed by atoms with E-state index in [1.54, 1.807) is 12.1 Å². The predicted molar refractivity (Wildman–Crippen MR) is 72.6 cm³/mol. The van der Waals surface area contributed by atoms with Gasteiger partial charge in [-0.15, -0.1) is 11.3 Å². The summed E-state index contributed by atoms with van der Waals surface area (Å²) in [6.45, 7) is 0.457. The van der Waals surface area contributed by atoms with E-state index in [9.17, 15) is 8.78 Å². The van der Waals surface area contributed by atoms with Crippen LogP contribution in [-0.2, 0) is 6.42 Å². The number of halogens is 3. The minimum Gasteiger partial charge on any atom is -0.382 e. The molecular formula is C13H9ClF2N2S. The van der Waals surface area contributed by atoms with Crippen molar-refractivity contribution in [3.63, 3.8) is 0 Å². The molecule has 0 aliphatic carbocycles. The van der Waals surface area contributed by atoms with Gasteiger partial charge in [-0.2, -0.15) is 5.26 Å². The van der Waals surface area contributed by atoms with E-state index in [1.807, 2.05) is 6.07 Å². The van der Waals surface area contributed by atoms with Crippen molar-refractivity contribution in [3.05, 3.63) is 50.7 Å². The van der Waals surface area contributed by atoms with Crippen molar-refractivity contribution in [2.45, 2.75) is 6.42 Å². The summed E-state index contributed by atoms with van der Waals surface area (Å²) in [6.07, 6.45) is 0.665. The summed E-state index contributed by atoms with van der Waals surface area (Å²) < 4.78 is 27.6. The largest absolute Gasteiger partial charge is 0.382 e. The summed E-state index contributed by atoms with van der Waals surface area (Å²) in [4.78, 5) is 1.06. The highest BCUT2D eigenvalue weighted by Crippen LogP contribution is 2.23. The van der Waals surface area contributed by atoms with Gasteiger partial charge in [0.25, 0.3) is 0 Å². The average Bonchev–Trinajstić information content (AvgIpc) is 2.81. The minimum absolute atomic E-state index is 0.0548. The third-order valence-electron chi connectivity index (χ3n) is 2.52. The number of nitrogens with one attached hydrogen (secondary N) is 1. The van der Waals surface area contributed by atoms with Crippen LogP contribution >= 0.6 is 22.9 Å². The van der Waals surface area contributed by atoms with Crippen LogP contribution in [0, 0.1) is 23.0 Å². The molecule has 1 aromatic carbocycles. The molecule has 2 aromatic rings. The number of nitrogens with zero attached hydrogens (tertiary/aromatic N) is 1. The van der Waals surface area contributed by atoms with Gasteiger partial charge in [0.15, 0.2) is 11.6 Å². The van der Waals surface area contributed by atoms with Gasteiger partial charge in [-0.05, 0) is 30.7 Å². The Morgan fingerprint density at radius 1 is 1.21 bits per heavy atom. The second-order valence-corrected chi connectivity index (χ2v) is 5.58. The highest BCUT2D eigenvalue weighted by molar-refractivity contribution is 7.16. The molecule has 0 fully saturated rings. The first-order valence-corrected chi connectivity index (χ1v) is 6.67. The smallest absolute Gasteiger partial charge is 0.183 e. The van der Waals surface area contributed by atoms with Gasteiger partial charge < -0.3 is 5.32 Å². The normalized spacial score (nSPS) is 10.2. The molecule has 98 valence electrons. The third-order valence-corrected chi connectivity index (χ3v) is 3.81. The fourth-order valence-corrected chi connectivity index (χ4v) is 2.67. The second-order valence-electron chi connectivity index (χ2n) is 3.78. The van der Waals surface area contributed by atoms with Crippen LogP contribution in [0.15, 0.2) is 24.3 Å². The van der Waals surface area contributed by atoms with Gasteiger partial charge in [-0.3, -0.25) is 0 Å². The zero-order valence-corrected chi connectivity index (χ0v) is 11.3. The van der Waals surface area contributed by atoms with Crippen LogP contribution in [0.2, 0.25) is 4.34 Å². The molecular weight excluding hydrogens is 290 g/mol. The first-order chi connectivity index (χ1) is 9.11. The summed E-state index contributed by atoms with van der Waals surface area (Å²) >= 11 is 7.24. The number of rotatable bonds is 4. The van der Waals surface area contributed by atoms with E-state index in [2.05, 4.69) is 5.32 Å². The van der Waals surface area contributed by atoms with Crippen LogP contribution in [-0.4, -0.2) is 6.54 Å². The molecule has 2 nitrogen and oxygen atoms in total. The summed E-state index contributed by atoms with van der Waals surface area (Å²) in [5, 5.41) is 11.4. The molecule has 0 saturated carbocycles. The lowest BCUT2D eigenvalue weighted by molar-refractivity contribution is 0.508. The quantitative estimate of drug-likeness (QED) is 0.918. The Hall–Kier alpha value is -1.64. The van der Waals surface area contributed by atoms with E-state index in [0.717, 1.165) is 4.88 Å². The molecule has 0 saturated heterocycles. The van der Waals surface area contributed by atoms with Crippen molar-refractivity contribution in [3.8, 4) is 6.07 Å².